The van der Waals surface area contributed by atoms with Crippen molar-refractivity contribution in [3.8, 4) is 5.88 Å². The number of guanidine groups is 1. The van der Waals surface area contributed by atoms with E-state index in [1.807, 2.05) is 12.1 Å². The standard InChI is InChI=1S/C17H26N4O.HI/c1-18-17(20-11-8-14-6-4-3-5-7-14)21-13-15-9-10-19-16(12-15)22-2;/h6,9-10,12H,3-5,7-8,11,13H2,1-2H3,(H2,18,20,21);1H. The Kier molecular flexibility index (Phi) is 9.66. The molecule has 128 valence electrons. The second-order valence-electron chi connectivity index (χ2n) is 5.42. The maximum Gasteiger partial charge on any atom is 0.213 e. The number of hydrogen-bond donors (Lipinski definition) is 2. The summed E-state index contributed by atoms with van der Waals surface area (Å²) in [6.45, 7) is 1.62. The van der Waals surface area contributed by atoms with Gasteiger partial charge in [-0.3, -0.25) is 4.99 Å². The molecule has 0 spiro atoms. The van der Waals surface area contributed by atoms with Crippen molar-refractivity contribution in [3.63, 3.8) is 0 Å². The van der Waals surface area contributed by atoms with Gasteiger partial charge in [-0.15, -0.1) is 24.0 Å². The van der Waals surface area contributed by atoms with Crippen LogP contribution in [0, 0.1) is 0 Å². The molecule has 0 aliphatic heterocycles. The molecular formula is C17H27IN4O. The Labute approximate surface area is 156 Å². The molecule has 1 aliphatic carbocycles. The molecule has 0 radical (unpaired) electrons. The number of nitrogens with one attached hydrogen (secondary N) is 2. The first-order valence-corrected chi connectivity index (χ1v) is 7.93. The molecule has 5 nitrogen and oxygen atoms in total. The number of hydrogen-bond acceptors (Lipinski definition) is 3. The molecule has 0 fully saturated rings. The second-order valence-corrected chi connectivity index (χ2v) is 5.42. The van der Waals surface area contributed by atoms with Gasteiger partial charge in [0.25, 0.3) is 0 Å². The molecule has 2 N–H and O–H groups in total. The molecule has 23 heavy (non-hydrogen) atoms. The Hall–Kier alpha value is -1.31. The number of methoxy groups -OCH3 is 1. The van der Waals surface area contributed by atoms with Gasteiger partial charge in [0.2, 0.25) is 5.88 Å². The maximum absolute atomic E-state index is 5.13. The van der Waals surface area contributed by atoms with Crippen molar-refractivity contribution in [2.45, 2.75) is 38.6 Å². The van der Waals surface area contributed by atoms with Crippen molar-refractivity contribution in [1.29, 1.82) is 0 Å². The molecule has 0 saturated carbocycles. The van der Waals surface area contributed by atoms with E-state index in [9.17, 15) is 0 Å². The summed E-state index contributed by atoms with van der Waals surface area (Å²) in [5.74, 6) is 1.46. The minimum atomic E-state index is 0. The Morgan fingerprint density at radius 3 is 2.91 bits per heavy atom. The van der Waals surface area contributed by atoms with Gasteiger partial charge in [-0.05, 0) is 43.7 Å². The Bertz CT molecular complexity index is 531. The monoisotopic (exact) mass is 430 g/mol. The van der Waals surface area contributed by atoms with Crippen molar-refractivity contribution in [3.05, 3.63) is 35.5 Å². The first-order chi connectivity index (χ1) is 10.8. The van der Waals surface area contributed by atoms with Gasteiger partial charge < -0.3 is 15.4 Å². The van der Waals surface area contributed by atoms with E-state index in [-0.39, 0.29) is 24.0 Å². The predicted molar refractivity (Wildman–Crippen MR) is 106 cm³/mol. The van der Waals surface area contributed by atoms with Gasteiger partial charge in [0.1, 0.15) is 0 Å². The van der Waals surface area contributed by atoms with Gasteiger partial charge in [0.15, 0.2) is 5.96 Å². The Balaban J connectivity index is 0.00000264. The fourth-order valence-electron chi connectivity index (χ4n) is 2.55. The summed E-state index contributed by atoms with van der Waals surface area (Å²) in [5, 5.41) is 6.68. The second kappa shape index (κ2) is 11.3. The van der Waals surface area contributed by atoms with Gasteiger partial charge in [-0.1, -0.05) is 11.6 Å². The van der Waals surface area contributed by atoms with Gasteiger partial charge >= 0.3 is 0 Å². The zero-order chi connectivity index (χ0) is 15.6. The number of aromatic nitrogens is 1. The van der Waals surface area contributed by atoms with Crippen LogP contribution in [0.15, 0.2) is 35.0 Å². The average Bonchev–Trinajstić information content (AvgIpc) is 2.59. The number of allylic oxidation sites excluding steroid dienone is 1. The molecule has 0 bridgehead atoms. The topological polar surface area (TPSA) is 58.5 Å². The summed E-state index contributed by atoms with van der Waals surface area (Å²) >= 11 is 0. The lowest BCUT2D eigenvalue weighted by Crippen LogP contribution is -2.37. The molecule has 0 amide bonds. The summed E-state index contributed by atoms with van der Waals surface area (Å²) in [6.07, 6.45) is 10.4. The highest BCUT2D eigenvalue weighted by Crippen LogP contribution is 2.19. The summed E-state index contributed by atoms with van der Waals surface area (Å²) in [7, 11) is 3.42. The summed E-state index contributed by atoms with van der Waals surface area (Å²) in [5.41, 5.74) is 2.69. The molecule has 0 unspecified atom stereocenters. The van der Waals surface area contributed by atoms with E-state index in [0.29, 0.717) is 12.4 Å². The smallest absolute Gasteiger partial charge is 0.213 e. The van der Waals surface area contributed by atoms with Crippen molar-refractivity contribution in [2.75, 3.05) is 20.7 Å². The minimum Gasteiger partial charge on any atom is -0.481 e. The highest BCUT2D eigenvalue weighted by molar-refractivity contribution is 14.0. The number of pyridine rings is 1. The number of rotatable bonds is 6. The molecule has 0 saturated heterocycles. The van der Waals surface area contributed by atoms with E-state index in [1.54, 1.807) is 25.9 Å². The molecule has 0 atom stereocenters. The number of ether oxygens (including phenoxy) is 1. The third-order valence-corrected chi connectivity index (χ3v) is 3.82. The summed E-state index contributed by atoms with van der Waals surface area (Å²) in [6, 6.07) is 3.89. The third kappa shape index (κ3) is 7.20. The summed E-state index contributed by atoms with van der Waals surface area (Å²) in [4.78, 5) is 8.36. The van der Waals surface area contributed by atoms with E-state index >= 15 is 0 Å². The zero-order valence-electron chi connectivity index (χ0n) is 14.0. The number of nitrogens with zero attached hydrogens (tertiary/aromatic N) is 2. The van der Waals surface area contributed by atoms with Crippen LogP contribution >= 0.6 is 24.0 Å². The molecule has 1 aromatic rings. The Morgan fingerprint density at radius 1 is 1.35 bits per heavy atom. The molecule has 2 rings (SSSR count). The Morgan fingerprint density at radius 2 is 2.22 bits per heavy atom. The first kappa shape index (κ1) is 19.7. The van der Waals surface area contributed by atoms with Gasteiger partial charge in [-0.2, -0.15) is 0 Å². The maximum atomic E-state index is 5.13. The molecule has 1 aromatic heterocycles. The predicted octanol–water partition coefficient (Wildman–Crippen LogP) is 3.26. The van der Waals surface area contributed by atoms with Crippen molar-refractivity contribution in [1.82, 2.24) is 15.6 Å². The number of halogens is 1. The van der Waals surface area contributed by atoms with Crippen LogP contribution in [0.25, 0.3) is 0 Å². The quantitative estimate of drug-likeness (QED) is 0.315. The lowest BCUT2D eigenvalue weighted by Gasteiger charge is -2.15. The molecule has 1 aliphatic rings. The van der Waals surface area contributed by atoms with E-state index in [2.05, 4.69) is 26.7 Å². The van der Waals surface area contributed by atoms with Crippen LogP contribution in [-0.4, -0.2) is 31.6 Å². The molecular weight excluding hydrogens is 403 g/mol. The van der Waals surface area contributed by atoms with E-state index in [1.165, 1.54) is 25.7 Å². The fraction of sp³-hybridized carbons (Fsp3) is 0.529. The van der Waals surface area contributed by atoms with Crippen molar-refractivity contribution in [2.24, 2.45) is 4.99 Å². The van der Waals surface area contributed by atoms with Crippen molar-refractivity contribution >= 4 is 29.9 Å². The van der Waals surface area contributed by atoms with Crippen LogP contribution < -0.4 is 15.4 Å². The van der Waals surface area contributed by atoms with Crippen LogP contribution in [-0.2, 0) is 6.54 Å². The van der Waals surface area contributed by atoms with Crippen LogP contribution in [0.4, 0.5) is 0 Å². The lowest BCUT2D eigenvalue weighted by molar-refractivity contribution is 0.397. The van der Waals surface area contributed by atoms with E-state index in [4.69, 9.17) is 4.74 Å². The van der Waals surface area contributed by atoms with E-state index < -0.39 is 0 Å². The van der Waals surface area contributed by atoms with E-state index in [0.717, 1.165) is 24.5 Å². The van der Waals surface area contributed by atoms with Crippen LogP contribution in [0.5, 0.6) is 5.88 Å². The molecule has 1 heterocycles. The first-order valence-electron chi connectivity index (χ1n) is 7.93. The van der Waals surface area contributed by atoms with Gasteiger partial charge in [0.05, 0.1) is 7.11 Å². The highest BCUT2D eigenvalue weighted by Gasteiger charge is 2.04. The molecule has 6 heteroatoms. The average molecular weight is 430 g/mol. The van der Waals surface area contributed by atoms with Crippen molar-refractivity contribution < 1.29 is 4.74 Å². The zero-order valence-corrected chi connectivity index (χ0v) is 16.3. The van der Waals surface area contributed by atoms with Gasteiger partial charge in [-0.25, -0.2) is 4.98 Å². The number of aliphatic imine (C=N–C) groups is 1. The lowest BCUT2D eigenvalue weighted by atomic mass is 9.97. The minimum absolute atomic E-state index is 0. The van der Waals surface area contributed by atoms with Gasteiger partial charge in [0, 0.05) is 32.4 Å². The third-order valence-electron chi connectivity index (χ3n) is 3.82. The largest absolute Gasteiger partial charge is 0.481 e. The highest BCUT2D eigenvalue weighted by atomic mass is 127. The SMILES string of the molecule is CN=C(NCCC1=CCCCC1)NCc1ccnc(OC)c1.I. The fourth-order valence-corrected chi connectivity index (χ4v) is 2.55. The van der Waals surface area contributed by atoms with Crippen LogP contribution in [0.3, 0.4) is 0 Å². The van der Waals surface area contributed by atoms with Crippen LogP contribution in [0.2, 0.25) is 0 Å². The molecule has 0 aromatic carbocycles. The normalized spacial score (nSPS) is 14.5. The van der Waals surface area contributed by atoms with Crippen LogP contribution in [0.1, 0.15) is 37.7 Å². The summed E-state index contributed by atoms with van der Waals surface area (Å²) < 4.78 is 5.13.